The number of amides is 1. The SMILES string of the molecule is Cc1cc(C)c2c(c1)N(CCCBr)C(=O)C2=O. The number of halogens is 1. The summed E-state index contributed by atoms with van der Waals surface area (Å²) in [7, 11) is 0. The van der Waals surface area contributed by atoms with Gasteiger partial charge in [-0.25, -0.2) is 0 Å². The molecule has 2 rings (SSSR count). The van der Waals surface area contributed by atoms with Crippen molar-refractivity contribution in [2.45, 2.75) is 20.3 Å². The number of hydrogen-bond donors (Lipinski definition) is 0. The van der Waals surface area contributed by atoms with E-state index in [9.17, 15) is 9.59 Å². The highest BCUT2D eigenvalue weighted by molar-refractivity contribution is 9.09. The van der Waals surface area contributed by atoms with Crippen molar-refractivity contribution in [3.05, 3.63) is 28.8 Å². The molecule has 1 aromatic carbocycles. The molecule has 0 aliphatic carbocycles. The number of nitrogens with zero attached hydrogens (tertiary/aromatic N) is 1. The smallest absolute Gasteiger partial charge is 0.299 e. The van der Waals surface area contributed by atoms with Crippen molar-refractivity contribution in [3.63, 3.8) is 0 Å². The van der Waals surface area contributed by atoms with E-state index in [4.69, 9.17) is 0 Å². The molecule has 17 heavy (non-hydrogen) atoms. The van der Waals surface area contributed by atoms with E-state index in [2.05, 4.69) is 15.9 Å². The largest absolute Gasteiger partial charge is 0.305 e. The van der Waals surface area contributed by atoms with Gasteiger partial charge in [0.25, 0.3) is 11.7 Å². The van der Waals surface area contributed by atoms with Crippen LogP contribution in [0.15, 0.2) is 12.1 Å². The number of ketones is 1. The number of Topliss-reactive ketones (excluding diaryl/α,β-unsaturated/α-hetero) is 1. The summed E-state index contributed by atoms with van der Waals surface area (Å²) in [5, 5.41) is 0.825. The van der Waals surface area contributed by atoms with Crippen molar-refractivity contribution in [1.29, 1.82) is 0 Å². The molecule has 0 radical (unpaired) electrons. The quantitative estimate of drug-likeness (QED) is 0.635. The van der Waals surface area contributed by atoms with Gasteiger partial charge >= 0.3 is 0 Å². The van der Waals surface area contributed by atoms with Gasteiger partial charge in [-0.1, -0.05) is 22.0 Å². The lowest BCUT2D eigenvalue weighted by atomic mass is 10.0. The number of carbonyl (C=O) groups excluding carboxylic acids is 2. The number of alkyl halides is 1. The highest BCUT2D eigenvalue weighted by atomic mass is 79.9. The molecule has 4 heteroatoms. The second-order valence-electron chi connectivity index (χ2n) is 4.30. The molecule has 0 N–H and O–H groups in total. The molecular formula is C13H14BrNO2. The lowest BCUT2D eigenvalue weighted by Gasteiger charge is -2.16. The van der Waals surface area contributed by atoms with Crippen LogP contribution in [0.3, 0.4) is 0 Å². The third-order valence-electron chi connectivity index (χ3n) is 2.93. The van der Waals surface area contributed by atoms with Crippen molar-refractivity contribution in [3.8, 4) is 0 Å². The minimum Gasteiger partial charge on any atom is -0.305 e. The van der Waals surface area contributed by atoms with Crippen LogP contribution in [0.4, 0.5) is 5.69 Å². The molecule has 1 aromatic rings. The molecule has 90 valence electrons. The highest BCUT2D eigenvalue weighted by Gasteiger charge is 2.36. The van der Waals surface area contributed by atoms with Gasteiger partial charge in [0.05, 0.1) is 11.3 Å². The molecule has 0 fully saturated rings. The molecular weight excluding hydrogens is 282 g/mol. The third-order valence-corrected chi connectivity index (χ3v) is 3.49. The van der Waals surface area contributed by atoms with Crippen LogP contribution in [0.2, 0.25) is 0 Å². The first-order chi connectivity index (χ1) is 8.06. The Balaban J connectivity index is 2.48. The van der Waals surface area contributed by atoms with Crippen LogP contribution < -0.4 is 4.90 Å². The fourth-order valence-electron chi connectivity index (χ4n) is 2.23. The van der Waals surface area contributed by atoms with Gasteiger partial charge in [0.15, 0.2) is 0 Å². The second-order valence-corrected chi connectivity index (χ2v) is 5.10. The van der Waals surface area contributed by atoms with Crippen molar-refractivity contribution < 1.29 is 9.59 Å². The number of rotatable bonds is 3. The van der Waals surface area contributed by atoms with Crippen molar-refractivity contribution >= 4 is 33.3 Å². The van der Waals surface area contributed by atoms with Crippen LogP contribution in [0.5, 0.6) is 0 Å². The topological polar surface area (TPSA) is 37.4 Å². The number of anilines is 1. The molecule has 0 bridgehead atoms. The number of fused-ring (bicyclic) bond motifs is 1. The normalized spacial score (nSPS) is 14.4. The van der Waals surface area contributed by atoms with Crippen LogP contribution in [0.1, 0.15) is 27.9 Å². The first-order valence-electron chi connectivity index (χ1n) is 5.59. The Morgan fingerprint density at radius 3 is 2.59 bits per heavy atom. The zero-order chi connectivity index (χ0) is 12.6. The average molecular weight is 296 g/mol. The number of benzene rings is 1. The summed E-state index contributed by atoms with van der Waals surface area (Å²) in [6.07, 6.45) is 0.839. The highest BCUT2D eigenvalue weighted by Crippen LogP contribution is 2.32. The second kappa shape index (κ2) is 4.61. The van der Waals surface area contributed by atoms with E-state index < -0.39 is 5.91 Å². The molecule has 0 spiro atoms. The monoisotopic (exact) mass is 295 g/mol. The van der Waals surface area contributed by atoms with Gasteiger partial charge in [-0.05, 0) is 37.5 Å². The van der Waals surface area contributed by atoms with Gasteiger partial charge in [0.2, 0.25) is 0 Å². The maximum atomic E-state index is 11.9. The van der Waals surface area contributed by atoms with Crippen LogP contribution in [0, 0.1) is 13.8 Å². The lowest BCUT2D eigenvalue weighted by molar-refractivity contribution is -0.114. The molecule has 0 saturated carbocycles. The number of aryl methyl sites for hydroxylation is 2. The van der Waals surface area contributed by atoms with E-state index in [1.54, 1.807) is 4.90 Å². The van der Waals surface area contributed by atoms with Gasteiger partial charge in [-0.3, -0.25) is 9.59 Å². The third kappa shape index (κ3) is 2.02. The van der Waals surface area contributed by atoms with Gasteiger partial charge in [-0.2, -0.15) is 0 Å². The van der Waals surface area contributed by atoms with Crippen molar-refractivity contribution in [2.24, 2.45) is 0 Å². The fraction of sp³-hybridized carbons (Fsp3) is 0.385. The Morgan fingerprint density at radius 2 is 1.94 bits per heavy atom. The van der Waals surface area contributed by atoms with Crippen LogP contribution in [-0.4, -0.2) is 23.6 Å². The Bertz CT molecular complexity index is 496. The van der Waals surface area contributed by atoms with E-state index in [1.807, 2.05) is 26.0 Å². The molecule has 1 aliphatic heterocycles. The predicted octanol–water partition coefficient (Wildman–Crippen LogP) is 2.62. The zero-order valence-corrected chi connectivity index (χ0v) is 11.5. The molecule has 1 amide bonds. The molecule has 1 heterocycles. The molecule has 1 aliphatic rings. The standard InChI is InChI=1S/C13H14BrNO2/c1-8-6-9(2)11-10(7-8)15(5-3-4-14)13(17)12(11)16/h6-7H,3-5H2,1-2H3. The van der Waals surface area contributed by atoms with Crippen LogP contribution >= 0.6 is 15.9 Å². The maximum absolute atomic E-state index is 11.9. The Kier molecular flexibility index (Phi) is 3.33. The lowest BCUT2D eigenvalue weighted by Crippen LogP contribution is -2.30. The molecule has 0 aromatic heterocycles. The number of hydrogen-bond acceptors (Lipinski definition) is 2. The van der Waals surface area contributed by atoms with Gasteiger partial charge < -0.3 is 4.90 Å². The van der Waals surface area contributed by atoms with Gasteiger partial charge in [-0.15, -0.1) is 0 Å². The van der Waals surface area contributed by atoms with E-state index in [1.165, 1.54) is 0 Å². The molecule has 0 atom stereocenters. The van der Waals surface area contributed by atoms with Crippen molar-refractivity contribution in [1.82, 2.24) is 0 Å². The Hall–Kier alpha value is -1.16. The predicted molar refractivity (Wildman–Crippen MR) is 71.0 cm³/mol. The summed E-state index contributed by atoms with van der Waals surface area (Å²) in [5.41, 5.74) is 3.32. The van der Waals surface area contributed by atoms with Crippen LogP contribution in [0.25, 0.3) is 0 Å². The Morgan fingerprint density at radius 1 is 1.24 bits per heavy atom. The Labute approximate surface area is 109 Å². The fourth-order valence-corrected chi connectivity index (χ4v) is 2.48. The van der Waals surface area contributed by atoms with Gasteiger partial charge in [0, 0.05) is 11.9 Å². The minimum atomic E-state index is -0.394. The summed E-state index contributed by atoms with van der Waals surface area (Å²) in [5.74, 6) is -0.762. The van der Waals surface area contributed by atoms with E-state index >= 15 is 0 Å². The first-order valence-corrected chi connectivity index (χ1v) is 6.72. The van der Waals surface area contributed by atoms with Crippen molar-refractivity contribution in [2.75, 3.05) is 16.8 Å². The van der Waals surface area contributed by atoms with Gasteiger partial charge in [0.1, 0.15) is 0 Å². The average Bonchev–Trinajstić information content (AvgIpc) is 2.49. The summed E-state index contributed by atoms with van der Waals surface area (Å²) in [6, 6.07) is 3.86. The van der Waals surface area contributed by atoms with E-state index in [0.29, 0.717) is 12.1 Å². The molecule has 3 nitrogen and oxygen atoms in total. The molecule has 0 unspecified atom stereocenters. The minimum absolute atomic E-state index is 0.368. The summed E-state index contributed by atoms with van der Waals surface area (Å²) >= 11 is 3.34. The summed E-state index contributed by atoms with van der Waals surface area (Å²) < 4.78 is 0. The number of carbonyl (C=O) groups is 2. The zero-order valence-electron chi connectivity index (χ0n) is 9.92. The maximum Gasteiger partial charge on any atom is 0.299 e. The summed E-state index contributed by atoms with van der Waals surface area (Å²) in [6.45, 7) is 4.44. The van der Waals surface area contributed by atoms with E-state index in [0.717, 1.165) is 28.6 Å². The summed E-state index contributed by atoms with van der Waals surface area (Å²) in [4.78, 5) is 25.4. The van der Waals surface area contributed by atoms with E-state index in [-0.39, 0.29) is 5.78 Å². The molecule has 0 saturated heterocycles. The van der Waals surface area contributed by atoms with Crippen LogP contribution in [-0.2, 0) is 4.79 Å². The first kappa shape index (κ1) is 12.3.